The van der Waals surface area contributed by atoms with E-state index in [1.54, 1.807) is 17.8 Å². The van der Waals surface area contributed by atoms with Crippen LogP contribution in [0.1, 0.15) is 45.2 Å². The van der Waals surface area contributed by atoms with Gasteiger partial charge in [-0.25, -0.2) is 4.98 Å². The maximum Gasteiger partial charge on any atom is 0.235 e. The molecular weight excluding hydrogens is 334 g/mol. The number of anilines is 1. The van der Waals surface area contributed by atoms with Gasteiger partial charge in [-0.1, -0.05) is 19.4 Å². The molecule has 6 heteroatoms. The molecule has 0 radical (unpaired) electrons. The molecule has 1 unspecified atom stereocenters. The Balaban J connectivity index is 1.78. The van der Waals surface area contributed by atoms with Gasteiger partial charge >= 0.3 is 0 Å². The van der Waals surface area contributed by atoms with E-state index >= 15 is 0 Å². The Hall–Kier alpha value is -1.56. The maximum absolute atomic E-state index is 12.5. The highest BCUT2D eigenvalue weighted by molar-refractivity contribution is 8.00. The van der Waals surface area contributed by atoms with Crippen molar-refractivity contribution in [2.45, 2.75) is 51.7 Å². The Kier molecular flexibility index (Phi) is 7.75. The number of unbranched alkanes of at least 4 members (excludes halogenated alkanes) is 1. The standard InChI is InChI=1S/C19H29N3O2S/c1-4-5-13-25-15(3)19(24)22-11-9-16(10-12-22)18(23)21-17-8-6-7-14(2)20-17/h6-8,15-16H,4-5,9-13H2,1-3H3,(H,20,21,23). The summed E-state index contributed by atoms with van der Waals surface area (Å²) >= 11 is 1.73. The zero-order valence-corrected chi connectivity index (χ0v) is 16.3. The molecule has 1 fully saturated rings. The molecule has 1 N–H and O–H groups in total. The average Bonchev–Trinajstić information content (AvgIpc) is 2.61. The summed E-state index contributed by atoms with van der Waals surface area (Å²) in [6.45, 7) is 7.38. The van der Waals surface area contributed by atoms with Crippen LogP contribution in [0, 0.1) is 12.8 Å². The largest absolute Gasteiger partial charge is 0.342 e. The van der Waals surface area contributed by atoms with Gasteiger partial charge in [-0.3, -0.25) is 9.59 Å². The van der Waals surface area contributed by atoms with E-state index in [4.69, 9.17) is 0 Å². The molecule has 25 heavy (non-hydrogen) atoms. The number of thioether (sulfide) groups is 1. The SMILES string of the molecule is CCCCSC(C)C(=O)N1CCC(C(=O)Nc2cccc(C)n2)CC1. The smallest absolute Gasteiger partial charge is 0.235 e. The van der Waals surface area contributed by atoms with Gasteiger partial charge in [-0.15, -0.1) is 11.8 Å². The third kappa shape index (κ3) is 6.03. The minimum Gasteiger partial charge on any atom is -0.342 e. The average molecular weight is 364 g/mol. The van der Waals surface area contributed by atoms with Gasteiger partial charge in [-0.05, 0) is 51.0 Å². The lowest BCUT2D eigenvalue weighted by atomic mass is 9.95. The number of rotatable bonds is 7. The van der Waals surface area contributed by atoms with Gasteiger partial charge < -0.3 is 10.2 Å². The Morgan fingerprint density at radius 3 is 2.72 bits per heavy atom. The number of likely N-dealkylation sites (tertiary alicyclic amines) is 1. The summed E-state index contributed by atoms with van der Waals surface area (Å²) in [6, 6.07) is 5.59. The van der Waals surface area contributed by atoms with Gasteiger partial charge in [0.05, 0.1) is 5.25 Å². The van der Waals surface area contributed by atoms with E-state index < -0.39 is 0 Å². The first-order chi connectivity index (χ1) is 12.0. The molecule has 1 aliphatic heterocycles. The third-order valence-electron chi connectivity index (χ3n) is 4.53. The number of aryl methyl sites for hydroxylation is 1. The van der Waals surface area contributed by atoms with Crippen LogP contribution in [-0.2, 0) is 9.59 Å². The predicted octanol–water partition coefficient (Wildman–Crippen LogP) is 3.49. The minimum absolute atomic E-state index is 0.00780. The summed E-state index contributed by atoms with van der Waals surface area (Å²) < 4.78 is 0. The predicted molar refractivity (Wildman–Crippen MR) is 104 cm³/mol. The quantitative estimate of drug-likeness (QED) is 0.753. The van der Waals surface area contributed by atoms with Crippen LogP contribution >= 0.6 is 11.8 Å². The second-order valence-electron chi connectivity index (χ2n) is 6.62. The van der Waals surface area contributed by atoms with Gasteiger partial charge in [0.1, 0.15) is 5.82 Å². The van der Waals surface area contributed by atoms with Crippen LogP contribution in [0.25, 0.3) is 0 Å². The van der Waals surface area contributed by atoms with Crippen LogP contribution in [0.15, 0.2) is 18.2 Å². The first-order valence-electron chi connectivity index (χ1n) is 9.16. The molecule has 1 aromatic heterocycles. The number of amides is 2. The topological polar surface area (TPSA) is 62.3 Å². The van der Waals surface area contributed by atoms with Gasteiger partial charge in [0, 0.05) is 24.7 Å². The fourth-order valence-electron chi connectivity index (χ4n) is 2.94. The third-order valence-corrected chi connectivity index (χ3v) is 5.76. The Morgan fingerprint density at radius 2 is 2.08 bits per heavy atom. The number of hydrogen-bond acceptors (Lipinski definition) is 4. The number of piperidine rings is 1. The van der Waals surface area contributed by atoms with Crippen LogP contribution in [-0.4, -0.2) is 45.8 Å². The first-order valence-corrected chi connectivity index (χ1v) is 10.2. The van der Waals surface area contributed by atoms with Gasteiger partial charge in [0.2, 0.25) is 11.8 Å². The highest BCUT2D eigenvalue weighted by atomic mass is 32.2. The zero-order valence-electron chi connectivity index (χ0n) is 15.5. The van der Waals surface area contributed by atoms with Crippen molar-refractivity contribution in [3.63, 3.8) is 0 Å². The fourth-order valence-corrected chi connectivity index (χ4v) is 4.04. The lowest BCUT2D eigenvalue weighted by molar-refractivity contribution is -0.133. The molecule has 1 saturated heterocycles. The molecule has 2 heterocycles. The fraction of sp³-hybridized carbons (Fsp3) is 0.632. The molecule has 2 amide bonds. The summed E-state index contributed by atoms with van der Waals surface area (Å²) in [4.78, 5) is 31.1. The van der Waals surface area contributed by atoms with Crippen LogP contribution in [0.3, 0.4) is 0 Å². The summed E-state index contributed by atoms with van der Waals surface area (Å²) in [5, 5.41) is 2.90. The lowest BCUT2D eigenvalue weighted by Gasteiger charge is -2.32. The Bertz CT molecular complexity index is 586. The second kappa shape index (κ2) is 9.80. The summed E-state index contributed by atoms with van der Waals surface area (Å²) in [5.74, 6) is 1.81. The minimum atomic E-state index is -0.0468. The van der Waals surface area contributed by atoms with Crippen molar-refractivity contribution in [3.8, 4) is 0 Å². The molecule has 1 atom stereocenters. The Morgan fingerprint density at radius 1 is 1.36 bits per heavy atom. The van der Waals surface area contributed by atoms with Crippen LogP contribution in [0.2, 0.25) is 0 Å². The van der Waals surface area contributed by atoms with Gasteiger partial charge in [0.25, 0.3) is 0 Å². The van der Waals surface area contributed by atoms with E-state index in [0.717, 1.165) is 37.1 Å². The second-order valence-corrected chi connectivity index (χ2v) is 8.07. The van der Waals surface area contributed by atoms with Crippen molar-refractivity contribution in [2.75, 3.05) is 24.2 Å². The molecule has 0 saturated carbocycles. The van der Waals surface area contributed by atoms with E-state index in [9.17, 15) is 9.59 Å². The molecule has 138 valence electrons. The number of hydrogen-bond donors (Lipinski definition) is 1. The van der Waals surface area contributed by atoms with E-state index in [1.165, 1.54) is 0 Å². The van der Waals surface area contributed by atoms with E-state index in [1.807, 2.05) is 30.9 Å². The molecule has 0 aromatic carbocycles. The van der Waals surface area contributed by atoms with E-state index in [-0.39, 0.29) is 23.0 Å². The maximum atomic E-state index is 12.5. The number of nitrogens with one attached hydrogen (secondary N) is 1. The molecule has 0 bridgehead atoms. The summed E-state index contributed by atoms with van der Waals surface area (Å²) in [7, 11) is 0. The molecule has 5 nitrogen and oxygen atoms in total. The number of pyridine rings is 1. The van der Waals surface area contributed by atoms with Crippen LogP contribution in [0.4, 0.5) is 5.82 Å². The monoisotopic (exact) mass is 363 g/mol. The van der Waals surface area contributed by atoms with Crippen molar-refractivity contribution in [3.05, 3.63) is 23.9 Å². The van der Waals surface area contributed by atoms with Crippen molar-refractivity contribution < 1.29 is 9.59 Å². The molecule has 0 aliphatic carbocycles. The van der Waals surface area contributed by atoms with Gasteiger partial charge in [0.15, 0.2) is 0 Å². The molecule has 2 rings (SSSR count). The number of carbonyl (C=O) groups excluding carboxylic acids is 2. The zero-order chi connectivity index (χ0) is 18.2. The highest BCUT2D eigenvalue weighted by Gasteiger charge is 2.29. The highest BCUT2D eigenvalue weighted by Crippen LogP contribution is 2.22. The lowest BCUT2D eigenvalue weighted by Crippen LogP contribution is -2.44. The van der Waals surface area contributed by atoms with Crippen molar-refractivity contribution in [1.82, 2.24) is 9.88 Å². The molecule has 1 aliphatic rings. The van der Waals surface area contributed by atoms with E-state index in [2.05, 4.69) is 17.2 Å². The first kappa shape index (κ1) is 19.8. The number of carbonyl (C=O) groups is 2. The number of aromatic nitrogens is 1. The molecular formula is C19H29N3O2S. The van der Waals surface area contributed by atoms with Crippen LogP contribution < -0.4 is 5.32 Å². The normalized spacial score (nSPS) is 16.5. The van der Waals surface area contributed by atoms with Crippen molar-refractivity contribution >= 4 is 29.4 Å². The van der Waals surface area contributed by atoms with E-state index in [0.29, 0.717) is 18.9 Å². The van der Waals surface area contributed by atoms with Crippen molar-refractivity contribution in [2.24, 2.45) is 5.92 Å². The van der Waals surface area contributed by atoms with Crippen molar-refractivity contribution in [1.29, 1.82) is 0 Å². The van der Waals surface area contributed by atoms with Gasteiger partial charge in [-0.2, -0.15) is 0 Å². The number of nitrogens with zero attached hydrogens (tertiary/aromatic N) is 2. The molecule has 0 spiro atoms. The summed E-state index contributed by atoms with van der Waals surface area (Å²) in [6.07, 6.45) is 3.74. The van der Waals surface area contributed by atoms with Crippen LogP contribution in [0.5, 0.6) is 0 Å². The molecule has 1 aromatic rings. The summed E-state index contributed by atoms with van der Waals surface area (Å²) in [5.41, 5.74) is 0.882. The Labute approximate surface area is 155 Å².